The zero-order valence-corrected chi connectivity index (χ0v) is 8.83. The van der Waals surface area contributed by atoms with Gasteiger partial charge in [0.05, 0.1) is 6.42 Å². The van der Waals surface area contributed by atoms with Gasteiger partial charge in [-0.25, -0.2) is 4.79 Å². The van der Waals surface area contributed by atoms with Gasteiger partial charge in [0.25, 0.3) is 0 Å². The van der Waals surface area contributed by atoms with Crippen molar-refractivity contribution in [2.45, 2.75) is 20.3 Å². The third kappa shape index (κ3) is 3.42. The molecule has 1 aromatic carbocycles. The molecule has 0 aliphatic rings. The Kier molecular flexibility index (Phi) is 3.44. The number of amides is 3. The first-order chi connectivity index (χ1) is 6.99. The summed E-state index contributed by atoms with van der Waals surface area (Å²) in [5.41, 5.74) is 7.92. The first-order valence-corrected chi connectivity index (χ1v) is 4.64. The Balaban J connectivity index is 2.72. The van der Waals surface area contributed by atoms with Crippen molar-refractivity contribution >= 4 is 11.9 Å². The Morgan fingerprint density at radius 1 is 1.33 bits per heavy atom. The zero-order valence-electron chi connectivity index (χ0n) is 8.83. The summed E-state index contributed by atoms with van der Waals surface area (Å²) in [6.07, 6.45) is 0.176. The van der Waals surface area contributed by atoms with Crippen LogP contribution in [-0.4, -0.2) is 11.9 Å². The van der Waals surface area contributed by atoms with Gasteiger partial charge in [0.1, 0.15) is 0 Å². The molecule has 80 valence electrons. The molecule has 3 N–H and O–H groups in total. The predicted molar refractivity (Wildman–Crippen MR) is 57.3 cm³/mol. The van der Waals surface area contributed by atoms with E-state index >= 15 is 0 Å². The number of carbonyl (C=O) groups is 2. The molecule has 0 saturated carbocycles. The Bertz CT molecular complexity index is 400. The van der Waals surface area contributed by atoms with E-state index in [9.17, 15) is 9.59 Å². The fraction of sp³-hybridized carbons (Fsp3) is 0.273. The van der Waals surface area contributed by atoms with E-state index in [0.717, 1.165) is 16.7 Å². The van der Waals surface area contributed by atoms with Crippen molar-refractivity contribution in [3.05, 3.63) is 34.9 Å². The summed E-state index contributed by atoms with van der Waals surface area (Å²) in [6.45, 7) is 3.92. The highest BCUT2D eigenvalue weighted by molar-refractivity contribution is 5.94. The van der Waals surface area contributed by atoms with E-state index < -0.39 is 6.03 Å². The van der Waals surface area contributed by atoms with Crippen LogP contribution >= 0.6 is 0 Å². The number of urea groups is 1. The minimum absolute atomic E-state index is 0.176. The highest BCUT2D eigenvalue weighted by atomic mass is 16.2. The number of primary amides is 1. The maximum absolute atomic E-state index is 11.2. The summed E-state index contributed by atoms with van der Waals surface area (Å²) in [4.78, 5) is 21.7. The van der Waals surface area contributed by atoms with Crippen molar-refractivity contribution in [1.82, 2.24) is 5.32 Å². The molecular formula is C11H14N2O2. The summed E-state index contributed by atoms with van der Waals surface area (Å²) >= 11 is 0. The SMILES string of the molecule is Cc1ccc(CC(=O)NC(N)=O)c(C)c1. The number of carbonyl (C=O) groups excluding carboxylic acids is 2. The molecule has 1 aromatic rings. The molecule has 15 heavy (non-hydrogen) atoms. The minimum atomic E-state index is -0.815. The van der Waals surface area contributed by atoms with Crippen molar-refractivity contribution in [2.24, 2.45) is 5.73 Å². The average Bonchev–Trinajstić information content (AvgIpc) is 2.08. The number of nitrogens with two attached hydrogens (primary N) is 1. The Labute approximate surface area is 88.5 Å². The van der Waals surface area contributed by atoms with Crippen LogP contribution in [0.1, 0.15) is 16.7 Å². The summed E-state index contributed by atoms with van der Waals surface area (Å²) in [7, 11) is 0. The van der Waals surface area contributed by atoms with E-state index in [-0.39, 0.29) is 12.3 Å². The van der Waals surface area contributed by atoms with Gasteiger partial charge in [0.2, 0.25) is 5.91 Å². The van der Waals surface area contributed by atoms with Crippen molar-refractivity contribution in [3.8, 4) is 0 Å². The molecule has 0 radical (unpaired) electrons. The number of hydrogen-bond acceptors (Lipinski definition) is 2. The lowest BCUT2D eigenvalue weighted by atomic mass is 10.0. The van der Waals surface area contributed by atoms with Crippen molar-refractivity contribution < 1.29 is 9.59 Å². The fourth-order valence-electron chi connectivity index (χ4n) is 1.40. The molecule has 1 rings (SSSR count). The molecule has 4 heteroatoms. The van der Waals surface area contributed by atoms with E-state index in [1.807, 2.05) is 37.4 Å². The molecule has 0 heterocycles. The van der Waals surface area contributed by atoms with Gasteiger partial charge in [0.15, 0.2) is 0 Å². The van der Waals surface area contributed by atoms with E-state index in [2.05, 4.69) is 0 Å². The maximum Gasteiger partial charge on any atom is 0.318 e. The van der Waals surface area contributed by atoms with Gasteiger partial charge in [-0.05, 0) is 25.0 Å². The zero-order chi connectivity index (χ0) is 11.4. The average molecular weight is 206 g/mol. The molecule has 3 amide bonds. The van der Waals surface area contributed by atoms with Crippen LogP contribution in [0.25, 0.3) is 0 Å². The molecule has 0 aliphatic carbocycles. The normalized spacial score (nSPS) is 9.73. The minimum Gasteiger partial charge on any atom is -0.351 e. The first kappa shape index (κ1) is 11.2. The molecule has 0 saturated heterocycles. The van der Waals surface area contributed by atoms with Crippen LogP contribution in [0.2, 0.25) is 0 Å². The summed E-state index contributed by atoms with van der Waals surface area (Å²) < 4.78 is 0. The van der Waals surface area contributed by atoms with Gasteiger partial charge in [0, 0.05) is 0 Å². The van der Waals surface area contributed by atoms with Gasteiger partial charge < -0.3 is 5.73 Å². The van der Waals surface area contributed by atoms with Crippen LogP contribution in [0, 0.1) is 13.8 Å². The predicted octanol–water partition coefficient (Wildman–Crippen LogP) is 1.04. The van der Waals surface area contributed by atoms with Crippen LogP contribution in [0.15, 0.2) is 18.2 Å². The highest BCUT2D eigenvalue weighted by Crippen LogP contribution is 2.10. The monoisotopic (exact) mass is 206 g/mol. The Morgan fingerprint density at radius 2 is 2.00 bits per heavy atom. The van der Waals surface area contributed by atoms with Gasteiger partial charge in [-0.1, -0.05) is 23.8 Å². The van der Waals surface area contributed by atoms with E-state index in [4.69, 9.17) is 5.73 Å². The molecule has 4 nitrogen and oxygen atoms in total. The van der Waals surface area contributed by atoms with Gasteiger partial charge >= 0.3 is 6.03 Å². The Hall–Kier alpha value is -1.84. The molecule has 0 spiro atoms. The van der Waals surface area contributed by atoms with Gasteiger partial charge in [-0.3, -0.25) is 10.1 Å². The van der Waals surface area contributed by atoms with Crippen LogP contribution in [0.3, 0.4) is 0 Å². The summed E-state index contributed by atoms with van der Waals surface area (Å²) in [5, 5.41) is 2.03. The lowest BCUT2D eigenvalue weighted by Crippen LogP contribution is -2.36. The maximum atomic E-state index is 11.2. The Morgan fingerprint density at radius 3 is 2.53 bits per heavy atom. The van der Waals surface area contributed by atoms with Crippen molar-refractivity contribution in [1.29, 1.82) is 0 Å². The number of hydrogen-bond donors (Lipinski definition) is 2. The lowest BCUT2D eigenvalue weighted by molar-refractivity contribution is -0.119. The van der Waals surface area contributed by atoms with Crippen LogP contribution in [0.4, 0.5) is 4.79 Å². The molecule has 0 fully saturated rings. The standard InChI is InChI=1S/C11H14N2O2/c1-7-3-4-9(8(2)5-7)6-10(14)13-11(12)15/h3-5H,6H2,1-2H3,(H3,12,13,14,15). The molecule has 0 bridgehead atoms. The van der Waals surface area contributed by atoms with Gasteiger partial charge in [-0.15, -0.1) is 0 Å². The third-order valence-electron chi connectivity index (χ3n) is 2.11. The smallest absolute Gasteiger partial charge is 0.318 e. The van der Waals surface area contributed by atoms with Crippen LogP contribution in [-0.2, 0) is 11.2 Å². The molecule has 0 aromatic heterocycles. The number of aryl methyl sites for hydroxylation is 2. The lowest BCUT2D eigenvalue weighted by Gasteiger charge is -2.05. The van der Waals surface area contributed by atoms with Crippen molar-refractivity contribution in [3.63, 3.8) is 0 Å². The van der Waals surface area contributed by atoms with Crippen LogP contribution in [0.5, 0.6) is 0 Å². The van der Waals surface area contributed by atoms with Crippen molar-refractivity contribution in [2.75, 3.05) is 0 Å². The second-order valence-electron chi connectivity index (χ2n) is 3.52. The van der Waals surface area contributed by atoms with E-state index in [1.54, 1.807) is 0 Å². The second-order valence-corrected chi connectivity index (χ2v) is 3.52. The number of rotatable bonds is 2. The van der Waals surface area contributed by atoms with Gasteiger partial charge in [-0.2, -0.15) is 0 Å². The fourth-order valence-corrected chi connectivity index (χ4v) is 1.40. The summed E-state index contributed by atoms with van der Waals surface area (Å²) in [6, 6.07) is 4.99. The van der Waals surface area contributed by atoms with E-state index in [0.29, 0.717) is 0 Å². The second kappa shape index (κ2) is 4.59. The first-order valence-electron chi connectivity index (χ1n) is 4.64. The number of benzene rings is 1. The van der Waals surface area contributed by atoms with Crippen LogP contribution < -0.4 is 11.1 Å². The molecule has 0 atom stereocenters. The largest absolute Gasteiger partial charge is 0.351 e. The summed E-state index contributed by atoms with van der Waals surface area (Å²) in [5.74, 6) is -0.380. The molecule has 0 unspecified atom stereocenters. The number of imide groups is 1. The highest BCUT2D eigenvalue weighted by Gasteiger charge is 2.07. The molecule has 0 aliphatic heterocycles. The third-order valence-corrected chi connectivity index (χ3v) is 2.11. The number of nitrogens with one attached hydrogen (secondary N) is 1. The van der Waals surface area contributed by atoms with E-state index in [1.165, 1.54) is 0 Å². The topological polar surface area (TPSA) is 72.2 Å². The quantitative estimate of drug-likeness (QED) is 0.758. The molecular weight excluding hydrogens is 192 g/mol.